The Balaban J connectivity index is 2.62. The summed E-state index contributed by atoms with van der Waals surface area (Å²) in [4.78, 5) is 2.99. The van der Waals surface area contributed by atoms with E-state index in [0.717, 1.165) is 17.8 Å². The summed E-state index contributed by atoms with van der Waals surface area (Å²) in [6, 6.07) is 4.86. The van der Waals surface area contributed by atoms with E-state index in [4.69, 9.17) is 12.2 Å². The molecule has 5 heteroatoms. The van der Waals surface area contributed by atoms with Gasteiger partial charge in [-0.05, 0) is 52.8 Å². The highest BCUT2D eigenvalue weighted by Gasteiger charge is 2.07. The van der Waals surface area contributed by atoms with E-state index in [2.05, 4.69) is 20.9 Å². The molecule has 0 bridgehead atoms. The average molecular weight is 301 g/mol. The third-order valence-corrected chi connectivity index (χ3v) is 3.28. The van der Waals surface area contributed by atoms with E-state index >= 15 is 0 Å². The predicted octanol–water partition coefficient (Wildman–Crippen LogP) is 4.00. The second-order valence-electron chi connectivity index (χ2n) is 3.37. The molecule has 0 saturated heterocycles. The Kier molecular flexibility index (Phi) is 3.25. The molecule has 0 radical (unpaired) electrons. The highest BCUT2D eigenvalue weighted by Crippen LogP contribution is 2.21. The lowest BCUT2D eigenvalue weighted by molar-refractivity contribution is 0.620. The van der Waals surface area contributed by atoms with E-state index in [1.165, 1.54) is 6.07 Å². The fourth-order valence-corrected chi connectivity index (χ4v) is 2.22. The lowest BCUT2D eigenvalue weighted by Crippen LogP contribution is -1.99. The zero-order chi connectivity index (χ0) is 11.7. The number of nitrogens with zero attached hydrogens (tertiary/aromatic N) is 1. The third kappa shape index (κ3) is 1.97. The van der Waals surface area contributed by atoms with Gasteiger partial charge in [0.05, 0.1) is 4.47 Å². The Hall–Kier alpha value is -0.940. The standard InChI is InChI=1S/C11H10BrFN2S/c1-2-7-6-14-11(16)15(7)8-3-4-10(13)9(12)5-8/h3-6H,2H2,1H3,(H,14,16). The Morgan fingerprint density at radius 3 is 2.88 bits per heavy atom. The lowest BCUT2D eigenvalue weighted by Gasteiger charge is -2.07. The van der Waals surface area contributed by atoms with Crippen molar-refractivity contribution >= 4 is 28.1 Å². The number of aromatic amines is 1. The number of benzene rings is 1. The van der Waals surface area contributed by atoms with Crippen molar-refractivity contribution in [3.63, 3.8) is 0 Å². The first kappa shape index (κ1) is 11.5. The van der Waals surface area contributed by atoms with Crippen LogP contribution in [0.5, 0.6) is 0 Å². The molecule has 1 N–H and O–H groups in total. The van der Waals surface area contributed by atoms with Crippen molar-refractivity contribution in [2.45, 2.75) is 13.3 Å². The van der Waals surface area contributed by atoms with Crippen LogP contribution in [0.2, 0.25) is 0 Å². The molecule has 0 fully saturated rings. The molecular weight excluding hydrogens is 291 g/mol. The second kappa shape index (κ2) is 4.51. The summed E-state index contributed by atoms with van der Waals surface area (Å²) in [6.07, 6.45) is 2.74. The number of nitrogens with one attached hydrogen (secondary N) is 1. The van der Waals surface area contributed by atoms with Gasteiger partial charge in [-0.3, -0.25) is 4.57 Å². The van der Waals surface area contributed by atoms with Gasteiger partial charge in [-0.2, -0.15) is 0 Å². The molecule has 16 heavy (non-hydrogen) atoms. The Morgan fingerprint density at radius 1 is 1.50 bits per heavy atom. The van der Waals surface area contributed by atoms with Crippen molar-refractivity contribution in [1.82, 2.24) is 9.55 Å². The molecule has 2 aromatic rings. The molecule has 1 heterocycles. The number of aromatic nitrogens is 2. The van der Waals surface area contributed by atoms with Crippen molar-refractivity contribution in [3.8, 4) is 5.69 Å². The number of imidazole rings is 1. The monoisotopic (exact) mass is 300 g/mol. The summed E-state index contributed by atoms with van der Waals surface area (Å²) < 4.78 is 16.1. The summed E-state index contributed by atoms with van der Waals surface area (Å²) >= 11 is 8.37. The second-order valence-corrected chi connectivity index (χ2v) is 4.61. The van der Waals surface area contributed by atoms with Gasteiger partial charge in [-0.25, -0.2) is 4.39 Å². The van der Waals surface area contributed by atoms with E-state index in [-0.39, 0.29) is 5.82 Å². The van der Waals surface area contributed by atoms with Crippen LogP contribution >= 0.6 is 28.1 Å². The zero-order valence-corrected chi connectivity index (χ0v) is 11.0. The lowest BCUT2D eigenvalue weighted by atomic mass is 10.3. The van der Waals surface area contributed by atoms with Gasteiger partial charge in [0.1, 0.15) is 5.82 Å². The van der Waals surface area contributed by atoms with Crippen LogP contribution in [0.4, 0.5) is 4.39 Å². The number of rotatable bonds is 2. The fourth-order valence-electron chi connectivity index (χ4n) is 1.57. The molecule has 84 valence electrons. The zero-order valence-electron chi connectivity index (χ0n) is 8.63. The van der Waals surface area contributed by atoms with Gasteiger partial charge in [0, 0.05) is 17.6 Å². The molecule has 0 amide bonds. The van der Waals surface area contributed by atoms with Crippen LogP contribution in [0.1, 0.15) is 12.6 Å². The minimum atomic E-state index is -0.274. The van der Waals surface area contributed by atoms with E-state index in [1.54, 1.807) is 12.1 Å². The maximum Gasteiger partial charge on any atom is 0.182 e. The van der Waals surface area contributed by atoms with E-state index < -0.39 is 0 Å². The molecule has 2 rings (SSSR count). The Morgan fingerprint density at radius 2 is 2.25 bits per heavy atom. The Labute approximate surface area is 106 Å². The highest BCUT2D eigenvalue weighted by molar-refractivity contribution is 9.10. The van der Waals surface area contributed by atoms with E-state index in [9.17, 15) is 4.39 Å². The van der Waals surface area contributed by atoms with Crippen LogP contribution in [-0.4, -0.2) is 9.55 Å². The van der Waals surface area contributed by atoms with Gasteiger partial charge in [-0.1, -0.05) is 6.92 Å². The van der Waals surface area contributed by atoms with Crippen molar-refractivity contribution in [2.75, 3.05) is 0 Å². The van der Waals surface area contributed by atoms with Crippen LogP contribution < -0.4 is 0 Å². The third-order valence-electron chi connectivity index (χ3n) is 2.38. The number of hydrogen-bond acceptors (Lipinski definition) is 1. The molecule has 0 aliphatic rings. The molecule has 0 spiro atoms. The maximum atomic E-state index is 13.1. The molecule has 0 aliphatic heterocycles. The SMILES string of the molecule is CCc1c[nH]c(=S)n1-c1ccc(F)c(Br)c1. The van der Waals surface area contributed by atoms with Crippen LogP contribution in [0.3, 0.4) is 0 Å². The molecule has 0 aliphatic carbocycles. The molecule has 1 aromatic carbocycles. The van der Waals surface area contributed by atoms with Gasteiger partial charge in [0.15, 0.2) is 4.77 Å². The van der Waals surface area contributed by atoms with Crippen LogP contribution in [0.15, 0.2) is 28.9 Å². The molecule has 0 unspecified atom stereocenters. The van der Waals surface area contributed by atoms with Crippen LogP contribution in [0, 0.1) is 10.6 Å². The quantitative estimate of drug-likeness (QED) is 0.832. The van der Waals surface area contributed by atoms with Gasteiger partial charge in [0.25, 0.3) is 0 Å². The first-order valence-electron chi connectivity index (χ1n) is 4.88. The molecule has 0 atom stereocenters. The van der Waals surface area contributed by atoms with Gasteiger partial charge in [0.2, 0.25) is 0 Å². The summed E-state index contributed by atoms with van der Waals surface area (Å²) in [6.45, 7) is 2.05. The normalized spacial score (nSPS) is 10.7. The topological polar surface area (TPSA) is 20.7 Å². The first-order chi connectivity index (χ1) is 7.63. The van der Waals surface area contributed by atoms with Crippen LogP contribution in [0.25, 0.3) is 5.69 Å². The summed E-state index contributed by atoms with van der Waals surface area (Å²) in [7, 11) is 0. The fraction of sp³-hybridized carbons (Fsp3) is 0.182. The minimum Gasteiger partial charge on any atom is -0.337 e. The highest BCUT2D eigenvalue weighted by atomic mass is 79.9. The molecule has 1 aromatic heterocycles. The number of H-pyrrole nitrogens is 1. The van der Waals surface area contributed by atoms with Crippen molar-refractivity contribution in [2.24, 2.45) is 0 Å². The number of aryl methyl sites for hydroxylation is 1. The van der Waals surface area contributed by atoms with Crippen LogP contribution in [-0.2, 0) is 6.42 Å². The van der Waals surface area contributed by atoms with Gasteiger partial charge >= 0.3 is 0 Å². The van der Waals surface area contributed by atoms with Crippen molar-refractivity contribution in [1.29, 1.82) is 0 Å². The smallest absolute Gasteiger partial charge is 0.182 e. The van der Waals surface area contributed by atoms with Crippen molar-refractivity contribution < 1.29 is 4.39 Å². The van der Waals surface area contributed by atoms with Crippen molar-refractivity contribution in [3.05, 3.63) is 45.2 Å². The average Bonchev–Trinajstić information content (AvgIpc) is 2.64. The summed E-state index contributed by atoms with van der Waals surface area (Å²) in [5.41, 5.74) is 1.93. The van der Waals surface area contributed by atoms with E-state index in [0.29, 0.717) is 9.24 Å². The van der Waals surface area contributed by atoms with E-state index in [1.807, 2.05) is 17.7 Å². The first-order valence-corrected chi connectivity index (χ1v) is 6.08. The summed E-state index contributed by atoms with van der Waals surface area (Å²) in [5.74, 6) is -0.274. The summed E-state index contributed by atoms with van der Waals surface area (Å²) in [5, 5.41) is 0. The minimum absolute atomic E-state index is 0.274. The molecular formula is C11H10BrFN2S. The largest absolute Gasteiger partial charge is 0.337 e. The van der Waals surface area contributed by atoms with Gasteiger partial charge in [-0.15, -0.1) is 0 Å². The Bertz CT molecular complexity index is 574. The maximum absolute atomic E-state index is 13.1. The molecule has 0 saturated carbocycles. The number of hydrogen-bond donors (Lipinski definition) is 1. The van der Waals surface area contributed by atoms with Gasteiger partial charge < -0.3 is 4.98 Å². The predicted molar refractivity (Wildman–Crippen MR) is 68.0 cm³/mol. The number of halogens is 2. The molecule has 2 nitrogen and oxygen atoms in total.